The lowest BCUT2D eigenvalue weighted by Gasteiger charge is -2.30. The van der Waals surface area contributed by atoms with Gasteiger partial charge in [0, 0.05) is 23.6 Å². The lowest BCUT2D eigenvalue weighted by Crippen LogP contribution is -2.37. The topological polar surface area (TPSA) is 122 Å². The van der Waals surface area contributed by atoms with Crippen molar-refractivity contribution >= 4 is 39.8 Å². The molecule has 188 valence electrons. The average molecular weight is 525 g/mol. The van der Waals surface area contributed by atoms with Gasteiger partial charge in [-0.1, -0.05) is 30.3 Å². The van der Waals surface area contributed by atoms with Crippen LogP contribution in [0.3, 0.4) is 0 Å². The van der Waals surface area contributed by atoms with Gasteiger partial charge in [-0.2, -0.15) is 4.98 Å². The second-order valence-electron chi connectivity index (χ2n) is 9.87. The molecule has 5 N–H and O–H groups in total. The molecule has 0 radical (unpaired) electrons. The van der Waals surface area contributed by atoms with Gasteiger partial charge < -0.3 is 25.8 Å². The maximum absolute atomic E-state index is 11.2. The van der Waals surface area contributed by atoms with Gasteiger partial charge in [0.25, 0.3) is 0 Å². The van der Waals surface area contributed by atoms with Crippen LogP contribution in [-0.4, -0.2) is 55.0 Å². The third-order valence-electron chi connectivity index (χ3n) is 7.73. The molecule has 1 saturated heterocycles. The Morgan fingerprint density at radius 2 is 1.86 bits per heavy atom. The number of nitrogens with zero attached hydrogens (tertiary/aromatic N) is 4. The minimum atomic E-state index is -0.909. The molecule has 0 bridgehead atoms. The molecule has 1 saturated carbocycles. The van der Waals surface area contributed by atoms with E-state index in [9.17, 15) is 10.2 Å². The Balaban J connectivity index is 1.38. The van der Waals surface area contributed by atoms with Crippen LogP contribution in [0.4, 0.5) is 5.82 Å². The number of piperidine rings is 1. The normalized spacial score (nSPS) is 25.1. The van der Waals surface area contributed by atoms with Crippen LogP contribution in [0.2, 0.25) is 5.28 Å². The quantitative estimate of drug-likeness (QED) is 0.294. The summed E-state index contributed by atoms with van der Waals surface area (Å²) >= 11 is 7.76. The molecule has 36 heavy (non-hydrogen) atoms. The first kappa shape index (κ1) is 23.8. The summed E-state index contributed by atoms with van der Waals surface area (Å²) in [6.07, 6.45) is 3.65. The van der Waals surface area contributed by atoms with Crippen molar-refractivity contribution in [3.05, 3.63) is 58.4 Å². The monoisotopic (exact) mass is 524 g/mol. The predicted molar refractivity (Wildman–Crippen MR) is 142 cm³/mol. The zero-order valence-electron chi connectivity index (χ0n) is 19.7. The van der Waals surface area contributed by atoms with E-state index in [4.69, 9.17) is 22.3 Å². The van der Waals surface area contributed by atoms with Gasteiger partial charge in [0.1, 0.15) is 22.6 Å². The zero-order chi connectivity index (χ0) is 24.8. The van der Waals surface area contributed by atoms with Crippen LogP contribution in [0.5, 0.6) is 0 Å². The van der Waals surface area contributed by atoms with Gasteiger partial charge in [0.2, 0.25) is 5.28 Å². The Kier molecular flexibility index (Phi) is 6.43. The zero-order valence-corrected chi connectivity index (χ0v) is 21.3. The number of anilines is 1. The van der Waals surface area contributed by atoms with Crippen LogP contribution in [-0.2, 0) is 6.42 Å². The molecule has 3 aromatic heterocycles. The molecule has 0 spiro atoms. The third-order valence-corrected chi connectivity index (χ3v) is 8.82. The van der Waals surface area contributed by atoms with E-state index in [1.54, 1.807) is 11.3 Å². The number of nitrogens with two attached hydrogens (primary N) is 1. The van der Waals surface area contributed by atoms with E-state index in [0.717, 1.165) is 48.6 Å². The summed E-state index contributed by atoms with van der Waals surface area (Å²) in [4.78, 5) is 13.6. The number of nitrogens with one attached hydrogen (secondary N) is 1. The molecule has 4 heterocycles. The number of fused-ring (bicyclic) bond motifs is 1. The second-order valence-corrected chi connectivity index (χ2v) is 11.1. The second kappa shape index (κ2) is 9.72. The summed E-state index contributed by atoms with van der Waals surface area (Å²) in [7, 11) is 0. The van der Waals surface area contributed by atoms with Crippen LogP contribution in [0.25, 0.3) is 21.6 Å². The van der Waals surface area contributed by atoms with Crippen molar-refractivity contribution in [3.63, 3.8) is 0 Å². The largest absolute Gasteiger partial charge is 0.390 e. The van der Waals surface area contributed by atoms with Gasteiger partial charge in [-0.15, -0.1) is 11.3 Å². The molecule has 4 atom stereocenters. The van der Waals surface area contributed by atoms with E-state index in [1.807, 2.05) is 29.0 Å². The van der Waals surface area contributed by atoms with Crippen LogP contribution in [0, 0.1) is 11.8 Å². The number of aromatic nitrogens is 4. The molecule has 1 aliphatic heterocycles. The number of hydrogen-bond donors (Lipinski definition) is 4. The van der Waals surface area contributed by atoms with E-state index in [2.05, 4.69) is 32.8 Å². The Morgan fingerprint density at radius 3 is 2.64 bits per heavy atom. The first-order valence-electron chi connectivity index (χ1n) is 12.4. The van der Waals surface area contributed by atoms with Crippen molar-refractivity contribution in [3.8, 4) is 10.6 Å². The molecule has 2 fully saturated rings. The van der Waals surface area contributed by atoms with E-state index < -0.39 is 12.2 Å². The minimum absolute atomic E-state index is 0.0278. The van der Waals surface area contributed by atoms with Crippen molar-refractivity contribution in [1.82, 2.24) is 24.8 Å². The first-order chi connectivity index (χ1) is 17.5. The molecule has 1 aliphatic carbocycles. The number of thiazole rings is 1. The molecule has 10 heteroatoms. The fourth-order valence-corrected chi connectivity index (χ4v) is 6.95. The summed E-state index contributed by atoms with van der Waals surface area (Å²) in [5.74, 6) is 0.687. The van der Waals surface area contributed by atoms with E-state index in [-0.39, 0.29) is 23.1 Å². The number of benzene rings is 1. The minimum Gasteiger partial charge on any atom is -0.390 e. The highest BCUT2D eigenvalue weighted by Crippen LogP contribution is 2.45. The standard InChI is InChI=1S/C26H29ClN6O2S/c27-26-31-23(28)20-18(25-30-16(13-36-25)10-14-4-2-1-3-5-14)12-33(24(20)32-26)19-11-17(21(34)22(19)35)15-6-8-29-9-7-15/h1-5,12-13,15,17,19,21-22,29,34-35H,6-11H2,(H2,28,31,32)/t17-,19-,21-,22+/m1/s1. The van der Waals surface area contributed by atoms with Gasteiger partial charge in [0.15, 0.2) is 0 Å². The fourth-order valence-electron chi connectivity index (χ4n) is 5.94. The lowest BCUT2D eigenvalue weighted by molar-refractivity contribution is -0.00767. The maximum atomic E-state index is 11.2. The molecule has 1 aromatic carbocycles. The number of rotatable bonds is 5. The van der Waals surface area contributed by atoms with Gasteiger partial charge in [-0.05, 0) is 61.4 Å². The third kappa shape index (κ3) is 4.29. The highest BCUT2D eigenvalue weighted by Gasteiger charge is 2.46. The first-order valence-corrected chi connectivity index (χ1v) is 13.6. The van der Waals surface area contributed by atoms with Gasteiger partial charge >= 0.3 is 0 Å². The van der Waals surface area contributed by atoms with Crippen molar-refractivity contribution in [2.45, 2.75) is 43.9 Å². The SMILES string of the molecule is Nc1nc(Cl)nc2c1c(-c1nc(Cc3ccccc3)cs1)cn2[C@@H]1C[C@H](C2CCNCC2)[C@@H](O)[C@H]1O. The molecular weight excluding hydrogens is 496 g/mol. The summed E-state index contributed by atoms with van der Waals surface area (Å²) < 4.78 is 1.93. The Labute approximate surface area is 218 Å². The molecule has 4 aromatic rings. The molecule has 6 rings (SSSR count). The van der Waals surface area contributed by atoms with Crippen LogP contribution in [0.15, 0.2) is 41.9 Å². The summed E-state index contributed by atoms with van der Waals surface area (Å²) in [6, 6.07) is 9.88. The van der Waals surface area contributed by atoms with Crippen molar-refractivity contribution in [2.75, 3.05) is 18.8 Å². The number of hydrogen-bond acceptors (Lipinski definition) is 8. The Morgan fingerprint density at radius 1 is 1.08 bits per heavy atom. The molecule has 0 unspecified atom stereocenters. The highest BCUT2D eigenvalue weighted by atomic mass is 35.5. The number of halogens is 1. The van der Waals surface area contributed by atoms with E-state index in [0.29, 0.717) is 23.4 Å². The molecule has 8 nitrogen and oxygen atoms in total. The van der Waals surface area contributed by atoms with Crippen LogP contribution >= 0.6 is 22.9 Å². The Hall–Kier alpha value is -2.56. The fraction of sp³-hybridized carbons (Fsp3) is 0.423. The van der Waals surface area contributed by atoms with E-state index in [1.165, 1.54) is 5.56 Å². The molecular formula is C26H29ClN6O2S. The highest BCUT2D eigenvalue weighted by molar-refractivity contribution is 7.13. The summed E-state index contributed by atoms with van der Waals surface area (Å²) in [5.41, 5.74) is 9.89. The van der Waals surface area contributed by atoms with Gasteiger partial charge in [-0.3, -0.25) is 0 Å². The average Bonchev–Trinajstić information content (AvgIpc) is 3.57. The summed E-state index contributed by atoms with van der Waals surface area (Å²) in [6.45, 7) is 1.89. The van der Waals surface area contributed by atoms with Gasteiger partial charge in [0.05, 0.1) is 23.2 Å². The van der Waals surface area contributed by atoms with E-state index >= 15 is 0 Å². The molecule has 2 aliphatic rings. The van der Waals surface area contributed by atoms with Gasteiger partial charge in [-0.25, -0.2) is 9.97 Å². The van der Waals surface area contributed by atoms with Crippen LogP contribution < -0.4 is 11.1 Å². The number of nitrogen functional groups attached to an aromatic ring is 1. The Bertz CT molecular complexity index is 1370. The number of aliphatic hydroxyl groups is 2. The summed E-state index contributed by atoms with van der Waals surface area (Å²) in [5, 5.41) is 29.1. The van der Waals surface area contributed by atoms with Crippen molar-refractivity contribution < 1.29 is 10.2 Å². The van der Waals surface area contributed by atoms with Crippen molar-refractivity contribution in [1.29, 1.82) is 0 Å². The van der Waals surface area contributed by atoms with Crippen LogP contribution in [0.1, 0.15) is 36.6 Å². The molecule has 0 amide bonds. The lowest BCUT2D eigenvalue weighted by atomic mass is 9.82. The smallest absolute Gasteiger partial charge is 0.226 e. The maximum Gasteiger partial charge on any atom is 0.226 e. The van der Waals surface area contributed by atoms with Crippen molar-refractivity contribution in [2.24, 2.45) is 11.8 Å². The predicted octanol–water partition coefficient (Wildman–Crippen LogP) is 3.66. The number of aliphatic hydroxyl groups excluding tert-OH is 2.